The van der Waals surface area contributed by atoms with E-state index in [1.807, 2.05) is 0 Å². The summed E-state index contributed by atoms with van der Waals surface area (Å²) in [6, 6.07) is 14.7. The molecule has 11 heteroatoms. The molecule has 0 saturated heterocycles. The SMILES string of the molecule is COc1cc(NS(=O)(=O)c2cc(C(=O)O)ccc2OC)c(OC)cc1NC(=O)c1ccccc1. The van der Waals surface area contributed by atoms with Crippen molar-refractivity contribution in [2.75, 3.05) is 31.4 Å². The van der Waals surface area contributed by atoms with Crippen LogP contribution in [0.3, 0.4) is 0 Å². The molecular weight excluding hydrogens is 464 g/mol. The number of aromatic carboxylic acids is 1. The minimum atomic E-state index is -4.31. The van der Waals surface area contributed by atoms with Gasteiger partial charge < -0.3 is 24.6 Å². The van der Waals surface area contributed by atoms with Crippen LogP contribution >= 0.6 is 0 Å². The summed E-state index contributed by atoms with van der Waals surface area (Å²) >= 11 is 0. The number of methoxy groups -OCH3 is 3. The molecule has 0 aliphatic heterocycles. The van der Waals surface area contributed by atoms with Crippen molar-refractivity contribution in [3.05, 3.63) is 71.8 Å². The van der Waals surface area contributed by atoms with E-state index < -0.39 is 21.9 Å². The molecule has 0 aromatic heterocycles. The van der Waals surface area contributed by atoms with Gasteiger partial charge in [0.1, 0.15) is 22.1 Å². The van der Waals surface area contributed by atoms with Crippen LogP contribution in [0.25, 0.3) is 0 Å². The highest BCUT2D eigenvalue weighted by Gasteiger charge is 2.24. The van der Waals surface area contributed by atoms with Gasteiger partial charge in [-0.25, -0.2) is 13.2 Å². The highest BCUT2D eigenvalue weighted by molar-refractivity contribution is 7.92. The lowest BCUT2D eigenvalue weighted by Crippen LogP contribution is -2.16. The van der Waals surface area contributed by atoms with Gasteiger partial charge in [-0.1, -0.05) is 18.2 Å². The van der Waals surface area contributed by atoms with Crippen LogP contribution in [0.2, 0.25) is 0 Å². The third-order valence-corrected chi connectivity index (χ3v) is 6.14. The molecule has 0 saturated carbocycles. The fraction of sp³-hybridized carbons (Fsp3) is 0.130. The number of carbonyl (C=O) groups excluding carboxylic acids is 1. The van der Waals surface area contributed by atoms with E-state index in [4.69, 9.17) is 14.2 Å². The predicted octanol–water partition coefficient (Wildman–Crippen LogP) is 3.46. The molecule has 3 aromatic rings. The number of sulfonamides is 1. The molecule has 0 fully saturated rings. The number of hydrogen-bond acceptors (Lipinski definition) is 7. The zero-order valence-corrected chi connectivity index (χ0v) is 19.3. The largest absolute Gasteiger partial charge is 0.495 e. The monoisotopic (exact) mass is 486 g/mol. The Kier molecular flexibility index (Phi) is 7.27. The number of rotatable bonds is 9. The van der Waals surface area contributed by atoms with Crippen LogP contribution in [0.5, 0.6) is 17.2 Å². The van der Waals surface area contributed by atoms with E-state index in [2.05, 4.69) is 10.0 Å². The van der Waals surface area contributed by atoms with E-state index in [1.165, 1.54) is 45.6 Å². The lowest BCUT2D eigenvalue weighted by Gasteiger charge is -2.18. The minimum absolute atomic E-state index is 0.000147. The first-order valence-electron chi connectivity index (χ1n) is 9.76. The lowest BCUT2D eigenvalue weighted by atomic mass is 10.2. The van der Waals surface area contributed by atoms with Gasteiger partial charge in [-0.3, -0.25) is 9.52 Å². The Morgan fingerprint density at radius 3 is 1.94 bits per heavy atom. The average Bonchev–Trinajstić information content (AvgIpc) is 2.84. The maximum absolute atomic E-state index is 13.1. The number of anilines is 2. The zero-order chi connectivity index (χ0) is 24.9. The van der Waals surface area contributed by atoms with Crippen LogP contribution in [0.4, 0.5) is 11.4 Å². The molecule has 0 aliphatic rings. The van der Waals surface area contributed by atoms with Crippen molar-refractivity contribution < 1.29 is 37.3 Å². The van der Waals surface area contributed by atoms with E-state index in [0.29, 0.717) is 5.56 Å². The molecule has 0 aliphatic carbocycles. The maximum atomic E-state index is 13.1. The van der Waals surface area contributed by atoms with Gasteiger partial charge in [0.05, 0.1) is 38.3 Å². The maximum Gasteiger partial charge on any atom is 0.335 e. The second kappa shape index (κ2) is 10.1. The number of carboxylic acid groups (broad SMARTS) is 1. The van der Waals surface area contributed by atoms with Crippen molar-refractivity contribution >= 4 is 33.3 Å². The summed E-state index contributed by atoms with van der Waals surface area (Å²) < 4.78 is 44.3. The third kappa shape index (κ3) is 5.21. The molecule has 178 valence electrons. The predicted molar refractivity (Wildman–Crippen MR) is 125 cm³/mol. The van der Waals surface area contributed by atoms with E-state index in [-0.39, 0.29) is 39.1 Å². The van der Waals surface area contributed by atoms with Crippen molar-refractivity contribution in [3.63, 3.8) is 0 Å². The Bertz CT molecular complexity index is 1320. The molecule has 34 heavy (non-hydrogen) atoms. The zero-order valence-electron chi connectivity index (χ0n) is 18.5. The average molecular weight is 487 g/mol. The molecule has 0 radical (unpaired) electrons. The van der Waals surface area contributed by atoms with Gasteiger partial charge in [0, 0.05) is 17.7 Å². The molecule has 0 bridgehead atoms. The summed E-state index contributed by atoms with van der Waals surface area (Å²) in [5, 5.41) is 11.9. The first-order valence-corrected chi connectivity index (χ1v) is 11.2. The second-order valence-corrected chi connectivity index (χ2v) is 8.50. The Morgan fingerprint density at radius 1 is 0.765 bits per heavy atom. The minimum Gasteiger partial charge on any atom is -0.495 e. The second-order valence-electron chi connectivity index (χ2n) is 6.85. The van der Waals surface area contributed by atoms with Gasteiger partial charge in [0.25, 0.3) is 15.9 Å². The fourth-order valence-electron chi connectivity index (χ4n) is 3.08. The molecule has 1 amide bonds. The summed E-state index contributed by atoms with van der Waals surface area (Å²) in [6.07, 6.45) is 0. The molecule has 0 heterocycles. The van der Waals surface area contributed by atoms with Gasteiger partial charge in [0.15, 0.2) is 0 Å². The molecule has 3 aromatic carbocycles. The lowest BCUT2D eigenvalue weighted by molar-refractivity contribution is 0.0696. The number of carboxylic acids is 1. The topological polar surface area (TPSA) is 140 Å². The van der Waals surface area contributed by atoms with E-state index in [9.17, 15) is 23.1 Å². The van der Waals surface area contributed by atoms with Crippen LogP contribution in [0.1, 0.15) is 20.7 Å². The highest BCUT2D eigenvalue weighted by Crippen LogP contribution is 2.38. The molecule has 3 rings (SSSR count). The van der Waals surface area contributed by atoms with Crippen molar-refractivity contribution in [2.45, 2.75) is 4.90 Å². The standard InChI is InChI=1S/C23H22N2O8S/c1-31-18-10-9-15(23(27)28)11-21(18)34(29,30)25-17-13-19(32-2)16(12-20(17)33-3)24-22(26)14-7-5-4-6-8-14/h4-13,25H,1-3H3,(H,24,26)(H,27,28). The van der Waals surface area contributed by atoms with Crippen molar-refractivity contribution in [1.82, 2.24) is 0 Å². The summed E-state index contributed by atoms with van der Waals surface area (Å²) in [4.78, 5) is 23.5. The van der Waals surface area contributed by atoms with Crippen LogP contribution in [0.15, 0.2) is 65.6 Å². The van der Waals surface area contributed by atoms with Crippen molar-refractivity contribution in [3.8, 4) is 17.2 Å². The van der Waals surface area contributed by atoms with Gasteiger partial charge >= 0.3 is 5.97 Å². The molecule has 10 nitrogen and oxygen atoms in total. The van der Waals surface area contributed by atoms with Crippen molar-refractivity contribution in [2.24, 2.45) is 0 Å². The van der Waals surface area contributed by atoms with Gasteiger partial charge in [-0.2, -0.15) is 0 Å². The third-order valence-electron chi connectivity index (χ3n) is 4.75. The van der Waals surface area contributed by atoms with E-state index in [1.54, 1.807) is 30.3 Å². The Morgan fingerprint density at radius 2 is 1.35 bits per heavy atom. The smallest absolute Gasteiger partial charge is 0.335 e. The number of nitrogens with one attached hydrogen (secondary N) is 2. The summed E-state index contributed by atoms with van der Waals surface area (Å²) in [5.41, 5.74) is 0.435. The van der Waals surface area contributed by atoms with E-state index >= 15 is 0 Å². The summed E-state index contributed by atoms with van der Waals surface area (Å²) in [6.45, 7) is 0. The van der Waals surface area contributed by atoms with Crippen molar-refractivity contribution in [1.29, 1.82) is 0 Å². The first-order chi connectivity index (χ1) is 16.2. The number of ether oxygens (including phenoxy) is 3. The Labute approximate surface area is 196 Å². The molecule has 0 atom stereocenters. The number of benzene rings is 3. The van der Waals surface area contributed by atoms with Gasteiger partial charge in [-0.05, 0) is 30.3 Å². The highest BCUT2D eigenvalue weighted by atomic mass is 32.2. The molecule has 0 spiro atoms. The number of amides is 1. The van der Waals surface area contributed by atoms with Gasteiger partial charge in [0.2, 0.25) is 0 Å². The van der Waals surface area contributed by atoms with E-state index in [0.717, 1.165) is 6.07 Å². The summed E-state index contributed by atoms with van der Waals surface area (Å²) in [5.74, 6) is -1.49. The Balaban J connectivity index is 2.00. The molecule has 3 N–H and O–H groups in total. The quantitative estimate of drug-likeness (QED) is 0.418. The fourth-order valence-corrected chi connectivity index (χ4v) is 4.34. The summed E-state index contributed by atoms with van der Waals surface area (Å²) in [7, 11) is -0.357. The number of carbonyl (C=O) groups is 2. The van der Waals surface area contributed by atoms with Crippen LogP contribution < -0.4 is 24.2 Å². The normalized spacial score (nSPS) is 10.8. The van der Waals surface area contributed by atoms with Crippen LogP contribution in [-0.4, -0.2) is 46.7 Å². The van der Waals surface area contributed by atoms with Gasteiger partial charge in [-0.15, -0.1) is 0 Å². The molecular formula is C23H22N2O8S. The molecule has 0 unspecified atom stereocenters. The first kappa shape index (κ1) is 24.4. The van der Waals surface area contributed by atoms with Crippen LogP contribution in [0, 0.1) is 0 Å². The number of hydrogen-bond donors (Lipinski definition) is 3. The Hall–Kier alpha value is -4.25. The van der Waals surface area contributed by atoms with Crippen LogP contribution in [-0.2, 0) is 10.0 Å².